The number of hydrogen-bond acceptors (Lipinski definition) is 3. The number of benzene rings is 1. The molecule has 3 rings (SSSR count). The molecule has 1 aromatic carbocycles. The quantitative estimate of drug-likeness (QED) is 0.847. The van der Waals surface area contributed by atoms with Crippen LogP contribution in [0.5, 0.6) is 0 Å². The summed E-state index contributed by atoms with van der Waals surface area (Å²) < 4.78 is 16.5. The number of allylic oxidation sites excluding steroid dienone is 2. The molecule has 0 spiro atoms. The second-order valence-corrected chi connectivity index (χ2v) is 7.00. The van der Waals surface area contributed by atoms with Gasteiger partial charge in [0.2, 0.25) is 5.43 Å². The first-order chi connectivity index (χ1) is 12.3. The van der Waals surface area contributed by atoms with Crippen molar-refractivity contribution >= 4 is 22.6 Å². The average Bonchev–Trinajstić information content (AvgIpc) is 3.08. The van der Waals surface area contributed by atoms with Gasteiger partial charge in [-0.2, -0.15) is 0 Å². The molecule has 0 saturated carbocycles. The Hall–Kier alpha value is -2.63. The van der Waals surface area contributed by atoms with E-state index in [1.807, 2.05) is 24.8 Å². The van der Waals surface area contributed by atoms with Gasteiger partial charge >= 0.3 is 5.97 Å². The Labute approximate surface area is 151 Å². The fraction of sp³-hybridized carbons (Fsp3) is 0.400. The zero-order chi connectivity index (χ0) is 19.0. The molecule has 0 atom stereocenters. The zero-order valence-electron chi connectivity index (χ0n) is 15.3. The topological polar surface area (TPSA) is 62.5 Å². The summed E-state index contributed by atoms with van der Waals surface area (Å²) in [4.78, 5) is 26.3. The molecular formula is C20H23FN2O3. The summed E-state index contributed by atoms with van der Waals surface area (Å²) >= 11 is 0. The molecule has 2 aromatic rings. The summed E-state index contributed by atoms with van der Waals surface area (Å²) in [7, 11) is 0. The van der Waals surface area contributed by atoms with Gasteiger partial charge in [-0.25, -0.2) is 9.18 Å². The van der Waals surface area contributed by atoms with Crippen molar-refractivity contribution in [2.24, 2.45) is 0 Å². The lowest BCUT2D eigenvalue weighted by Crippen LogP contribution is -2.24. The van der Waals surface area contributed by atoms with Crippen molar-refractivity contribution in [3.63, 3.8) is 0 Å². The Balaban J connectivity index is 2.34. The smallest absolute Gasteiger partial charge is 0.341 e. The molecule has 0 radical (unpaired) electrons. The van der Waals surface area contributed by atoms with Crippen LogP contribution in [0.4, 0.5) is 10.1 Å². The molecule has 0 aliphatic carbocycles. The van der Waals surface area contributed by atoms with E-state index in [-0.39, 0.29) is 10.9 Å². The number of halogens is 1. The van der Waals surface area contributed by atoms with Crippen molar-refractivity contribution in [3.8, 4) is 0 Å². The van der Waals surface area contributed by atoms with E-state index < -0.39 is 17.2 Å². The number of rotatable bonds is 4. The lowest BCUT2D eigenvalue weighted by atomic mass is 10.1. The van der Waals surface area contributed by atoms with Crippen molar-refractivity contribution in [2.75, 3.05) is 18.0 Å². The largest absolute Gasteiger partial charge is 0.477 e. The van der Waals surface area contributed by atoms with Crippen LogP contribution in [0.25, 0.3) is 10.9 Å². The summed E-state index contributed by atoms with van der Waals surface area (Å²) in [6, 6.07) is 2.88. The van der Waals surface area contributed by atoms with Gasteiger partial charge in [-0.15, -0.1) is 0 Å². The third-order valence-corrected chi connectivity index (χ3v) is 4.94. The first kappa shape index (κ1) is 18.2. The molecule has 2 heterocycles. The number of hydrogen-bond donors (Lipinski definition) is 1. The van der Waals surface area contributed by atoms with Gasteiger partial charge in [0, 0.05) is 30.7 Å². The normalized spacial score (nSPS) is 14.1. The number of carboxylic acid groups (broad SMARTS) is 1. The Morgan fingerprint density at radius 1 is 1.27 bits per heavy atom. The number of carbonyl (C=O) groups is 1. The molecule has 1 N–H and O–H groups in total. The summed E-state index contributed by atoms with van der Waals surface area (Å²) in [5.41, 5.74) is 1.57. The van der Waals surface area contributed by atoms with E-state index in [0.717, 1.165) is 31.5 Å². The Morgan fingerprint density at radius 2 is 1.92 bits per heavy atom. The third kappa shape index (κ3) is 3.11. The maximum Gasteiger partial charge on any atom is 0.341 e. The predicted octanol–water partition coefficient (Wildman–Crippen LogP) is 3.71. The van der Waals surface area contributed by atoms with Gasteiger partial charge in [0.1, 0.15) is 11.4 Å². The number of pyridine rings is 1. The van der Waals surface area contributed by atoms with Crippen LogP contribution in [0.3, 0.4) is 0 Å². The highest BCUT2D eigenvalue weighted by Gasteiger charge is 2.23. The summed E-state index contributed by atoms with van der Waals surface area (Å²) in [6.45, 7) is 7.53. The van der Waals surface area contributed by atoms with Crippen molar-refractivity contribution < 1.29 is 14.3 Å². The van der Waals surface area contributed by atoms with Crippen LogP contribution < -0.4 is 10.3 Å². The highest BCUT2D eigenvalue weighted by molar-refractivity contribution is 5.95. The van der Waals surface area contributed by atoms with Crippen LogP contribution in [0.1, 0.15) is 42.7 Å². The number of anilines is 1. The standard InChI is InChI=1S/C20H23FN2O3/c1-12(2)6-9-23-13(3)18(20(25)26)19(24)14-10-15(21)17(11-16(14)23)22-7-4-5-8-22/h6,10-11H,4-5,7-9H2,1-3H3,(H,25,26). The van der Waals surface area contributed by atoms with E-state index in [1.54, 1.807) is 17.6 Å². The molecule has 0 amide bonds. The van der Waals surface area contributed by atoms with Gasteiger partial charge in [-0.3, -0.25) is 4.79 Å². The van der Waals surface area contributed by atoms with E-state index in [0.29, 0.717) is 23.4 Å². The van der Waals surface area contributed by atoms with Gasteiger partial charge in [-0.1, -0.05) is 11.6 Å². The van der Waals surface area contributed by atoms with E-state index in [9.17, 15) is 19.1 Å². The Bertz CT molecular complexity index is 965. The van der Waals surface area contributed by atoms with Gasteiger partial charge in [-0.05, 0) is 45.7 Å². The highest BCUT2D eigenvalue weighted by atomic mass is 19.1. The summed E-state index contributed by atoms with van der Waals surface area (Å²) in [5.74, 6) is -1.77. The molecule has 0 bridgehead atoms. The SMILES string of the molecule is CC(C)=CCn1c(C)c(C(=O)O)c(=O)c2cc(F)c(N3CCCC3)cc21. The van der Waals surface area contributed by atoms with Gasteiger partial charge in [0.05, 0.1) is 11.2 Å². The minimum absolute atomic E-state index is 0.107. The van der Waals surface area contributed by atoms with Crippen LogP contribution in [-0.4, -0.2) is 28.7 Å². The highest BCUT2D eigenvalue weighted by Crippen LogP contribution is 2.29. The lowest BCUT2D eigenvalue weighted by molar-refractivity contribution is 0.0694. The van der Waals surface area contributed by atoms with Crippen LogP contribution in [0.2, 0.25) is 0 Å². The number of nitrogens with zero attached hydrogens (tertiary/aromatic N) is 2. The third-order valence-electron chi connectivity index (χ3n) is 4.94. The molecule has 26 heavy (non-hydrogen) atoms. The molecule has 138 valence electrons. The van der Waals surface area contributed by atoms with Crippen molar-refractivity contribution in [3.05, 3.63) is 51.1 Å². The molecule has 1 saturated heterocycles. The Morgan fingerprint density at radius 3 is 2.50 bits per heavy atom. The van der Waals surface area contributed by atoms with Crippen LogP contribution in [0, 0.1) is 12.7 Å². The zero-order valence-corrected chi connectivity index (χ0v) is 15.3. The minimum atomic E-state index is -1.29. The van der Waals surface area contributed by atoms with E-state index in [1.165, 1.54) is 6.07 Å². The van der Waals surface area contributed by atoms with Gasteiger partial charge in [0.25, 0.3) is 0 Å². The molecule has 0 unspecified atom stereocenters. The van der Waals surface area contributed by atoms with Crippen LogP contribution >= 0.6 is 0 Å². The number of carboxylic acids is 1. The summed E-state index contributed by atoms with van der Waals surface area (Å²) in [5, 5.41) is 9.58. The predicted molar refractivity (Wildman–Crippen MR) is 101 cm³/mol. The maximum absolute atomic E-state index is 14.7. The molecule has 1 fully saturated rings. The van der Waals surface area contributed by atoms with Crippen molar-refractivity contribution in [1.82, 2.24) is 4.57 Å². The van der Waals surface area contributed by atoms with Crippen molar-refractivity contribution in [1.29, 1.82) is 0 Å². The molecule has 5 nitrogen and oxygen atoms in total. The number of aromatic carboxylic acids is 1. The number of aromatic nitrogens is 1. The molecular weight excluding hydrogens is 335 g/mol. The second kappa shape index (κ2) is 6.94. The van der Waals surface area contributed by atoms with Crippen LogP contribution in [0.15, 0.2) is 28.6 Å². The Kier molecular flexibility index (Phi) is 4.85. The molecule has 1 aromatic heterocycles. The minimum Gasteiger partial charge on any atom is -0.477 e. The second-order valence-electron chi connectivity index (χ2n) is 7.00. The molecule has 1 aliphatic rings. The van der Waals surface area contributed by atoms with Gasteiger partial charge < -0.3 is 14.6 Å². The van der Waals surface area contributed by atoms with Crippen LogP contribution in [-0.2, 0) is 6.54 Å². The van der Waals surface area contributed by atoms with E-state index >= 15 is 0 Å². The lowest BCUT2D eigenvalue weighted by Gasteiger charge is -2.21. The summed E-state index contributed by atoms with van der Waals surface area (Å²) in [6.07, 6.45) is 3.99. The first-order valence-corrected chi connectivity index (χ1v) is 8.79. The van der Waals surface area contributed by atoms with E-state index in [2.05, 4.69) is 0 Å². The molecule has 6 heteroatoms. The first-order valence-electron chi connectivity index (χ1n) is 8.79. The monoisotopic (exact) mass is 358 g/mol. The molecule has 1 aliphatic heterocycles. The van der Waals surface area contributed by atoms with Crippen molar-refractivity contribution in [2.45, 2.75) is 40.2 Å². The average molecular weight is 358 g/mol. The fourth-order valence-electron chi connectivity index (χ4n) is 3.53. The maximum atomic E-state index is 14.7. The van der Waals surface area contributed by atoms with E-state index in [4.69, 9.17) is 0 Å². The number of fused-ring (bicyclic) bond motifs is 1. The van der Waals surface area contributed by atoms with Gasteiger partial charge in [0.15, 0.2) is 0 Å². The fourth-order valence-corrected chi connectivity index (χ4v) is 3.53.